The lowest BCUT2D eigenvalue weighted by atomic mass is 15.8. The van der Waals surface area contributed by atoms with Gasteiger partial charge in [-0.3, -0.25) is 0 Å². The van der Waals surface area contributed by atoms with Crippen LogP contribution in [0.2, 0.25) is 0 Å². The van der Waals surface area contributed by atoms with Crippen LogP contribution in [0.3, 0.4) is 0 Å². The molecule has 3 nitrogen and oxygen atoms in total. The topological polar surface area (TPSA) is 43.4 Å². The number of hydrogen-bond donors (Lipinski definition) is 0. The molecule has 0 radical (unpaired) electrons. The van der Waals surface area contributed by atoms with Crippen molar-refractivity contribution in [3.63, 3.8) is 0 Å². The Bertz CT molecular complexity index is 121. The van der Waals surface area contributed by atoms with E-state index >= 15 is 0 Å². The fourth-order valence-electron chi connectivity index (χ4n) is 0.0553. The van der Waals surface area contributed by atoms with Gasteiger partial charge in [0.05, 0.1) is 0 Å². The Morgan fingerprint density at radius 2 is 2.00 bits per heavy atom. The van der Waals surface area contributed by atoms with Crippen molar-refractivity contribution in [2.24, 2.45) is 0 Å². The van der Waals surface area contributed by atoms with Crippen molar-refractivity contribution in [2.75, 3.05) is 0 Å². The summed E-state index contributed by atoms with van der Waals surface area (Å²) in [4.78, 5) is 0. The van der Waals surface area contributed by atoms with E-state index in [4.69, 9.17) is 0 Å². The lowest BCUT2D eigenvalue weighted by Gasteiger charge is -1.50. The highest BCUT2D eigenvalue weighted by molar-refractivity contribution is 7.32. The minimum atomic E-state index is -1.70. The summed E-state index contributed by atoms with van der Waals surface area (Å²) >= 11 is 0.761. The van der Waals surface area contributed by atoms with Crippen LogP contribution in [0.15, 0.2) is 7.26 Å². The Labute approximate surface area is 32.6 Å². The summed E-state index contributed by atoms with van der Waals surface area (Å²) in [5.74, 6) is 0. The molecule has 0 saturated carbocycles. The number of hydrogen-bond acceptors (Lipinski definition) is 4. The molecule has 1 aromatic heterocycles. The molecular formula is O3PS+. The van der Waals surface area contributed by atoms with Crippen molar-refractivity contribution in [3.05, 3.63) is 0 Å². The van der Waals surface area contributed by atoms with Gasteiger partial charge in [0.25, 0.3) is 0 Å². The van der Waals surface area contributed by atoms with Gasteiger partial charge in [0.1, 0.15) is 0 Å². The zero-order valence-corrected chi connectivity index (χ0v) is 3.79. The fourth-order valence-corrected chi connectivity index (χ4v) is 0.497. The first kappa shape index (κ1) is 3.12. The third-order valence-corrected chi connectivity index (χ3v) is 1.64. The minimum Gasteiger partial charge on any atom is -0.113 e. The quantitative estimate of drug-likeness (QED) is 0.511. The van der Waals surface area contributed by atoms with Crippen LogP contribution < -0.4 is 0 Å². The van der Waals surface area contributed by atoms with Crippen LogP contribution in [-0.4, -0.2) is 0 Å². The van der Waals surface area contributed by atoms with Gasteiger partial charge in [0, 0.05) is 4.57 Å². The highest BCUT2D eigenvalue weighted by atomic mass is 32.2. The second-order valence-corrected chi connectivity index (χ2v) is 2.22. The van der Waals surface area contributed by atoms with Gasteiger partial charge in [-0.25, -0.2) is 0 Å². The summed E-state index contributed by atoms with van der Waals surface area (Å²) < 4.78 is 17.9. The molecule has 0 aliphatic carbocycles. The lowest BCUT2D eigenvalue weighted by molar-refractivity contribution is 0.505. The molecule has 28 valence electrons. The normalized spacial score (nSPS) is 8.80. The average molecular weight is 111 g/mol. The lowest BCUT2D eigenvalue weighted by Crippen LogP contribution is -1.30. The third kappa shape index (κ3) is 0.412. The van der Waals surface area contributed by atoms with Crippen LogP contribution in [0.25, 0.3) is 0 Å². The molecule has 0 N–H and O–H groups in total. The molecule has 0 amide bonds. The smallest absolute Gasteiger partial charge is 0.113 e. The van der Waals surface area contributed by atoms with Crippen molar-refractivity contribution in [2.45, 2.75) is 0 Å². The van der Waals surface area contributed by atoms with E-state index in [1.54, 1.807) is 0 Å². The maximum Gasteiger partial charge on any atom is 0.835 e. The molecule has 0 fully saturated rings. The molecule has 0 aliphatic heterocycles. The van der Waals surface area contributed by atoms with Gasteiger partial charge in [-0.1, -0.05) is 0 Å². The van der Waals surface area contributed by atoms with Crippen LogP contribution in [-0.2, 0) is 4.57 Å². The molecule has 0 aromatic carbocycles. The Morgan fingerprint density at radius 1 is 1.60 bits per heavy atom. The summed E-state index contributed by atoms with van der Waals surface area (Å²) in [5.41, 5.74) is 0. The summed E-state index contributed by atoms with van der Waals surface area (Å²) in [5, 5.41) is 0. The van der Waals surface area contributed by atoms with Gasteiger partial charge in [0.2, 0.25) is 0 Å². The molecular weight excluding hydrogens is 111 g/mol. The average Bonchev–Trinajstić information content (AvgIpc) is 1.30. The second-order valence-electron chi connectivity index (χ2n) is 0.441. The van der Waals surface area contributed by atoms with E-state index in [1.165, 1.54) is 0 Å². The molecule has 5 heavy (non-hydrogen) atoms. The molecule has 1 rings (SSSR count). The van der Waals surface area contributed by atoms with Gasteiger partial charge < -0.3 is 0 Å². The first-order valence-corrected chi connectivity index (χ1v) is 2.64. The largest absolute Gasteiger partial charge is 0.835 e. The molecule has 0 aliphatic rings. The molecule has 1 heterocycles. The molecule has 5 heteroatoms. The summed E-state index contributed by atoms with van der Waals surface area (Å²) in [6.45, 7) is 0. The van der Waals surface area contributed by atoms with E-state index in [1.807, 2.05) is 0 Å². The maximum absolute atomic E-state index is 9.58. The van der Waals surface area contributed by atoms with E-state index in [2.05, 4.69) is 7.26 Å². The molecule has 0 atom stereocenters. The number of rotatable bonds is 0. The summed E-state index contributed by atoms with van der Waals surface area (Å²) in [6, 6.07) is 0. The monoisotopic (exact) mass is 111 g/mol. The minimum absolute atomic E-state index is 0.761. The highest BCUT2D eigenvalue weighted by Gasteiger charge is 2.05. The van der Waals surface area contributed by atoms with Crippen molar-refractivity contribution in [1.29, 1.82) is 0 Å². The van der Waals surface area contributed by atoms with Crippen LogP contribution in [0, 0.1) is 0 Å². The Balaban J connectivity index is 3.29. The first-order chi connectivity index (χ1) is 2.39. The zero-order chi connectivity index (χ0) is 3.70. The molecule has 1 aromatic rings. The molecule has 0 saturated heterocycles. The van der Waals surface area contributed by atoms with E-state index in [9.17, 15) is 4.57 Å². The Morgan fingerprint density at radius 3 is 2.00 bits per heavy atom. The van der Waals surface area contributed by atoms with Crippen LogP contribution in [0.1, 0.15) is 0 Å². The van der Waals surface area contributed by atoms with Crippen molar-refractivity contribution in [3.8, 4) is 0 Å². The fraction of sp³-hybridized carbons (Fsp3) is 0. The first-order valence-electron chi connectivity index (χ1n) is 0.881. The second kappa shape index (κ2) is 0.954. The van der Waals surface area contributed by atoms with E-state index < -0.39 is 7.89 Å². The standard InChI is InChI=1S/O3PS/c1-4-2-5-3-4/q+1. The molecule has 0 unspecified atom stereocenters. The highest BCUT2D eigenvalue weighted by Crippen LogP contribution is 2.20. The molecule has 0 bridgehead atoms. The van der Waals surface area contributed by atoms with Crippen molar-refractivity contribution in [1.82, 2.24) is 0 Å². The van der Waals surface area contributed by atoms with Gasteiger partial charge >= 0.3 is 19.8 Å². The Hall–Kier alpha value is -0.0800. The van der Waals surface area contributed by atoms with E-state index in [-0.39, 0.29) is 0 Å². The van der Waals surface area contributed by atoms with Crippen LogP contribution in [0.4, 0.5) is 0 Å². The zero-order valence-electron chi connectivity index (χ0n) is 2.08. The van der Waals surface area contributed by atoms with Crippen molar-refractivity contribution >= 4 is 19.8 Å². The SMILES string of the molecule is O=[p+]1oso1. The van der Waals surface area contributed by atoms with Gasteiger partial charge in [-0.05, 0) is 0 Å². The van der Waals surface area contributed by atoms with E-state index in [0.717, 1.165) is 11.9 Å². The summed E-state index contributed by atoms with van der Waals surface area (Å²) in [7, 11) is -1.70. The van der Waals surface area contributed by atoms with Crippen molar-refractivity contribution < 1.29 is 11.8 Å². The predicted octanol–water partition coefficient (Wildman–Crippen LogP) is 1.68. The molecule has 0 spiro atoms. The van der Waals surface area contributed by atoms with Crippen LogP contribution in [0.5, 0.6) is 0 Å². The van der Waals surface area contributed by atoms with Crippen LogP contribution >= 0.6 is 19.8 Å². The van der Waals surface area contributed by atoms with Gasteiger partial charge in [0.15, 0.2) is 0 Å². The van der Waals surface area contributed by atoms with Gasteiger partial charge in [-0.2, -0.15) is 0 Å². The van der Waals surface area contributed by atoms with Gasteiger partial charge in [-0.15, -0.1) is 7.26 Å². The Kier molecular flexibility index (Phi) is 0.596. The summed E-state index contributed by atoms with van der Waals surface area (Å²) in [6.07, 6.45) is 0. The maximum atomic E-state index is 9.58. The predicted molar refractivity (Wildman–Crippen MR) is 16.5 cm³/mol. The third-order valence-electron chi connectivity index (χ3n) is 0.183. The van der Waals surface area contributed by atoms with E-state index in [0.29, 0.717) is 0 Å².